The molecule has 1 aliphatic heterocycles. The van der Waals surface area contributed by atoms with E-state index >= 15 is 0 Å². The summed E-state index contributed by atoms with van der Waals surface area (Å²) < 4.78 is 4.87. The summed E-state index contributed by atoms with van der Waals surface area (Å²) in [5.41, 5.74) is 5.24. The molecule has 0 spiro atoms. The topological polar surface area (TPSA) is 94.2 Å². The Morgan fingerprint density at radius 2 is 1.94 bits per heavy atom. The van der Waals surface area contributed by atoms with Gasteiger partial charge in [-0.3, -0.25) is 4.79 Å². The Bertz CT molecular complexity index is 322. The number of carbonyl (C=O) groups is 2. The first-order chi connectivity index (χ1) is 8.04. The van der Waals surface area contributed by atoms with Crippen LogP contribution in [0.4, 0.5) is 4.79 Å². The minimum atomic E-state index is -0.771. The van der Waals surface area contributed by atoms with Gasteiger partial charge in [0.15, 0.2) is 0 Å². The van der Waals surface area contributed by atoms with Crippen molar-refractivity contribution in [1.82, 2.24) is 4.90 Å². The van der Waals surface area contributed by atoms with Crippen molar-refractivity contribution in [3.8, 4) is 0 Å². The average molecular weight is 243 g/mol. The Hall–Kier alpha value is -1.79. The lowest BCUT2D eigenvalue weighted by atomic mass is 10.1. The first kappa shape index (κ1) is 13.3. The summed E-state index contributed by atoms with van der Waals surface area (Å²) >= 11 is 0. The standard InChI is InChI=1S/C10H17N3O4/c1-7(12-16-2)9(14)13-5-3-8(4-6-13)17-10(11)15/h8H,3-6H2,1-2H3,(H2,11,15)/b12-7+. The minimum Gasteiger partial charge on any atom is -0.446 e. The highest BCUT2D eigenvalue weighted by Crippen LogP contribution is 2.14. The van der Waals surface area contributed by atoms with Crippen molar-refractivity contribution < 1.29 is 19.2 Å². The first-order valence-corrected chi connectivity index (χ1v) is 5.37. The van der Waals surface area contributed by atoms with Crippen LogP contribution in [-0.4, -0.2) is 48.9 Å². The van der Waals surface area contributed by atoms with Gasteiger partial charge in [0, 0.05) is 25.9 Å². The molecule has 2 amide bonds. The maximum Gasteiger partial charge on any atom is 0.404 e. The summed E-state index contributed by atoms with van der Waals surface area (Å²) in [6.07, 6.45) is 0.215. The Kier molecular flexibility index (Phi) is 4.74. The molecule has 0 aromatic heterocycles. The van der Waals surface area contributed by atoms with Gasteiger partial charge in [-0.05, 0) is 6.92 Å². The van der Waals surface area contributed by atoms with Crippen LogP contribution in [0.1, 0.15) is 19.8 Å². The van der Waals surface area contributed by atoms with E-state index in [0.717, 1.165) is 0 Å². The second kappa shape index (κ2) is 6.07. The van der Waals surface area contributed by atoms with Gasteiger partial charge in [-0.15, -0.1) is 0 Å². The molecule has 1 aliphatic rings. The number of rotatable bonds is 3. The van der Waals surface area contributed by atoms with E-state index in [-0.39, 0.29) is 12.0 Å². The van der Waals surface area contributed by atoms with Crippen LogP contribution in [-0.2, 0) is 14.4 Å². The van der Waals surface area contributed by atoms with Crippen molar-refractivity contribution >= 4 is 17.7 Å². The van der Waals surface area contributed by atoms with E-state index in [1.165, 1.54) is 7.11 Å². The highest BCUT2D eigenvalue weighted by molar-refractivity contribution is 6.37. The fourth-order valence-corrected chi connectivity index (χ4v) is 1.75. The molecule has 1 saturated heterocycles. The van der Waals surface area contributed by atoms with Gasteiger partial charge in [0.05, 0.1) is 0 Å². The third-order valence-electron chi connectivity index (χ3n) is 2.55. The molecule has 0 aromatic carbocycles. The number of hydrogen-bond acceptors (Lipinski definition) is 5. The number of carbonyl (C=O) groups excluding carboxylic acids is 2. The summed E-state index contributed by atoms with van der Waals surface area (Å²) in [7, 11) is 1.39. The Balaban J connectivity index is 2.44. The lowest BCUT2D eigenvalue weighted by Gasteiger charge is -2.31. The number of piperidine rings is 1. The molecule has 0 aromatic rings. The number of nitrogens with two attached hydrogens (primary N) is 1. The maximum atomic E-state index is 11.8. The molecule has 0 bridgehead atoms. The normalized spacial score (nSPS) is 17.8. The van der Waals surface area contributed by atoms with Gasteiger partial charge in [-0.1, -0.05) is 5.16 Å². The number of hydrogen-bond donors (Lipinski definition) is 1. The van der Waals surface area contributed by atoms with Crippen LogP contribution < -0.4 is 5.73 Å². The molecule has 1 heterocycles. The van der Waals surface area contributed by atoms with Crippen molar-refractivity contribution in [3.05, 3.63) is 0 Å². The largest absolute Gasteiger partial charge is 0.446 e. The molecule has 1 fully saturated rings. The van der Waals surface area contributed by atoms with Gasteiger partial charge < -0.3 is 20.2 Å². The van der Waals surface area contributed by atoms with E-state index in [1.54, 1.807) is 11.8 Å². The molecule has 0 radical (unpaired) electrons. The van der Waals surface area contributed by atoms with E-state index in [1.807, 2.05) is 0 Å². The molecule has 0 atom stereocenters. The SMILES string of the molecule is CO/N=C(\C)C(=O)N1CCC(OC(N)=O)CC1. The Morgan fingerprint density at radius 1 is 1.35 bits per heavy atom. The summed E-state index contributed by atoms with van der Waals surface area (Å²) in [6.45, 7) is 2.64. The van der Waals surface area contributed by atoms with Gasteiger partial charge in [-0.25, -0.2) is 4.79 Å². The minimum absolute atomic E-state index is 0.163. The molecule has 96 valence electrons. The predicted molar refractivity (Wildman–Crippen MR) is 60.4 cm³/mol. The van der Waals surface area contributed by atoms with Crippen molar-refractivity contribution in [2.45, 2.75) is 25.9 Å². The first-order valence-electron chi connectivity index (χ1n) is 5.37. The van der Waals surface area contributed by atoms with Gasteiger partial charge in [-0.2, -0.15) is 0 Å². The fourth-order valence-electron chi connectivity index (χ4n) is 1.75. The summed E-state index contributed by atoms with van der Waals surface area (Å²) in [6, 6.07) is 0. The molecule has 17 heavy (non-hydrogen) atoms. The van der Waals surface area contributed by atoms with E-state index < -0.39 is 6.09 Å². The van der Waals surface area contributed by atoms with Crippen molar-refractivity contribution in [2.75, 3.05) is 20.2 Å². The van der Waals surface area contributed by atoms with Crippen LogP contribution in [0.25, 0.3) is 0 Å². The van der Waals surface area contributed by atoms with Crippen LogP contribution >= 0.6 is 0 Å². The molecule has 0 aliphatic carbocycles. The van der Waals surface area contributed by atoms with Gasteiger partial charge in [0.1, 0.15) is 18.9 Å². The summed E-state index contributed by atoms with van der Waals surface area (Å²) in [5.74, 6) is -0.163. The molecule has 7 heteroatoms. The quantitative estimate of drug-likeness (QED) is 0.561. The molecule has 1 rings (SSSR count). The average Bonchev–Trinajstić information content (AvgIpc) is 2.28. The second-order valence-corrected chi connectivity index (χ2v) is 3.79. The summed E-state index contributed by atoms with van der Waals surface area (Å²) in [5, 5.41) is 3.59. The third kappa shape index (κ3) is 3.93. The zero-order valence-corrected chi connectivity index (χ0v) is 10.0. The molecule has 2 N–H and O–H groups in total. The monoisotopic (exact) mass is 243 g/mol. The van der Waals surface area contributed by atoms with E-state index in [2.05, 4.69) is 9.99 Å². The van der Waals surface area contributed by atoms with Gasteiger partial charge in [0.2, 0.25) is 0 Å². The van der Waals surface area contributed by atoms with Gasteiger partial charge >= 0.3 is 6.09 Å². The smallest absolute Gasteiger partial charge is 0.404 e. The highest BCUT2D eigenvalue weighted by Gasteiger charge is 2.25. The number of amides is 2. The lowest BCUT2D eigenvalue weighted by molar-refractivity contribution is -0.126. The zero-order chi connectivity index (χ0) is 12.8. The molecular weight excluding hydrogens is 226 g/mol. The molecule has 0 unspecified atom stereocenters. The summed E-state index contributed by atoms with van der Waals surface area (Å²) in [4.78, 5) is 28.6. The van der Waals surface area contributed by atoms with Crippen LogP contribution in [0.5, 0.6) is 0 Å². The van der Waals surface area contributed by atoms with E-state index in [9.17, 15) is 9.59 Å². The third-order valence-corrected chi connectivity index (χ3v) is 2.55. The van der Waals surface area contributed by atoms with Crippen molar-refractivity contribution in [2.24, 2.45) is 10.9 Å². The molecular formula is C10H17N3O4. The lowest BCUT2D eigenvalue weighted by Crippen LogP contribution is -2.44. The molecule has 0 saturated carbocycles. The van der Waals surface area contributed by atoms with Gasteiger partial charge in [0.25, 0.3) is 5.91 Å². The second-order valence-electron chi connectivity index (χ2n) is 3.79. The number of likely N-dealkylation sites (tertiary alicyclic amines) is 1. The molecule has 7 nitrogen and oxygen atoms in total. The number of nitrogens with zero attached hydrogens (tertiary/aromatic N) is 2. The number of ether oxygens (including phenoxy) is 1. The van der Waals surface area contributed by atoms with Crippen LogP contribution in [0, 0.1) is 0 Å². The van der Waals surface area contributed by atoms with Crippen molar-refractivity contribution in [1.29, 1.82) is 0 Å². The van der Waals surface area contributed by atoms with Crippen molar-refractivity contribution in [3.63, 3.8) is 0 Å². The Morgan fingerprint density at radius 3 is 2.41 bits per heavy atom. The van der Waals surface area contributed by atoms with E-state index in [0.29, 0.717) is 31.6 Å². The van der Waals surface area contributed by atoms with Crippen LogP contribution in [0.3, 0.4) is 0 Å². The fraction of sp³-hybridized carbons (Fsp3) is 0.700. The number of oxime groups is 1. The number of primary amides is 1. The van der Waals surface area contributed by atoms with E-state index in [4.69, 9.17) is 10.5 Å². The maximum absolute atomic E-state index is 11.8. The highest BCUT2D eigenvalue weighted by atomic mass is 16.6. The van der Waals surface area contributed by atoms with Crippen LogP contribution in [0.2, 0.25) is 0 Å². The zero-order valence-electron chi connectivity index (χ0n) is 10.0. The Labute approximate surface area is 99.5 Å². The predicted octanol–water partition coefficient (Wildman–Crippen LogP) is 0.0950. The van der Waals surface area contributed by atoms with Crippen LogP contribution in [0.15, 0.2) is 5.16 Å².